The Morgan fingerprint density at radius 2 is 1.19 bits per heavy atom. The molecule has 4 N–H and O–H groups in total. The summed E-state index contributed by atoms with van der Waals surface area (Å²) < 4.78 is 0. The minimum absolute atomic E-state index is 0.806. The van der Waals surface area contributed by atoms with E-state index in [1.165, 1.54) is 96.4 Å². The minimum Gasteiger partial charge on any atom is -0.481 e. The van der Waals surface area contributed by atoms with Gasteiger partial charge in [0.2, 0.25) is 0 Å². The number of rotatable bonds is 19. The monoisotopic (exact) mass is 384 g/mol. The van der Waals surface area contributed by atoms with Gasteiger partial charge in [-0.3, -0.25) is 4.79 Å². The van der Waals surface area contributed by atoms with Crippen LogP contribution in [0.4, 0.5) is 0 Å². The highest BCUT2D eigenvalue weighted by atomic mass is 16.4. The van der Waals surface area contributed by atoms with Gasteiger partial charge in [-0.25, -0.2) is 0 Å². The van der Waals surface area contributed by atoms with E-state index in [1.54, 1.807) is 0 Å². The van der Waals surface area contributed by atoms with Gasteiger partial charge in [-0.2, -0.15) is 0 Å². The van der Waals surface area contributed by atoms with E-state index in [4.69, 9.17) is 15.6 Å². The lowest BCUT2D eigenvalue weighted by atomic mass is 10.1. The zero-order valence-electron chi connectivity index (χ0n) is 18.3. The van der Waals surface area contributed by atoms with Crippen LogP contribution in [0.5, 0.6) is 0 Å². The number of nitrogens with one attached hydrogen (secondary N) is 1. The third kappa shape index (κ3) is 36.7. The largest absolute Gasteiger partial charge is 0.481 e. The Balaban J connectivity index is 0. The SMILES string of the molecule is CC(=O)O.CCCCCCCC/C=C\CCCCCCCCNCCCN. The van der Waals surface area contributed by atoms with Gasteiger partial charge in [0.25, 0.3) is 5.97 Å². The molecule has 0 bridgehead atoms. The summed E-state index contributed by atoms with van der Waals surface area (Å²) in [5.41, 5.74) is 5.46. The van der Waals surface area contributed by atoms with Crippen molar-refractivity contribution in [2.24, 2.45) is 5.73 Å². The first-order chi connectivity index (χ1) is 13.1. The molecule has 0 atom stereocenters. The van der Waals surface area contributed by atoms with Gasteiger partial charge < -0.3 is 16.2 Å². The van der Waals surface area contributed by atoms with E-state index in [1.807, 2.05) is 0 Å². The van der Waals surface area contributed by atoms with Crippen molar-refractivity contribution in [3.05, 3.63) is 12.2 Å². The van der Waals surface area contributed by atoms with E-state index in [-0.39, 0.29) is 0 Å². The number of nitrogens with two attached hydrogens (primary N) is 1. The van der Waals surface area contributed by atoms with Crippen molar-refractivity contribution in [2.75, 3.05) is 19.6 Å². The Hall–Kier alpha value is -0.870. The summed E-state index contributed by atoms with van der Waals surface area (Å²) >= 11 is 0. The zero-order chi connectivity index (χ0) is 20.4. The number of aliphatic carboxylic acids is 1. The van der Waals surface area contributed by atoms with Crippen molar-refractivity contribution in [2.45, 2.75) is 110 Å². The van der Waals surface area contributed by atoms with Gasteiger partial charge in [-0.05, 0) is 58.2 Å². The number of carboxylic acid groups (broad SMARTS) is 1. The number of allylic oxidation sites excluding steroid dienone is 2. The second-order valence-corrected chi connectivity index (χ2v) is 7.35. The molecule has 0 radical (unpaired) electrons. The molecule has 0 saturated heterocycles. The molecule has 0 rings (SSSR count). The summed E-state index contributed by atoms with van der Waals surface area (Å²) in [5, 5.41) is 10.9. The Labute approximate surface area is 169 Å². The summed E-state index contributed by atoms with van der Waals surface area (Å²) in [6.07, 6.45) is 25.3. The maximum atomic E-state index is 9.00. The van der Waals surface area contributed by atoms with Crippen LogP contribution in [-0.4, -0.2) is 30.7 Å². The van der Waals surface area contributed by atoms with Gasteiger partial charge in [-0.1, -0.05) is 76.9 Å². The fourth-order valence-electron chi connectivity index (χ4n) is 2.85. The molecule has 4 nitrogen and oxygen atoms in total. The maximum Gasteiger partial charge on any atom is 0.300 e. The highest BCUT2D eigenvalue weighted by molar-refractivity contribution is 5.62. The van der Waals surface area contributed by atoms with E-state index in [0.717, 1.165) is 26.4 Å². The Kier molecular flexibility index (Phi) is 28.7. The van der Waals surface area contributed by atoms with E-state index in [0.29, 0.717) is 0 Å². The average molecular weight is 385 g/mol. The topological polar surface area (TPSA) is 75.3 Å². The molecule has 0 fully saturated rings. The lowest BCUT2D eigenvalue weighted by Crippen LogP contribution is -2.19. The molecule has 0 aromatic carbocycles. The third-order valence-corrected chi connectivity index (χ3v) is 4.42. The molecule has 0 aliphatic rings. The fraction of sp³-hybridized carbons (Fsp3) is 0.870. The molecule has 0 aliphatic carbocycles. The van der Waals surface area contributed by atoms with Crippen LogP contribution >= 0.6 is 0 Å². The molecule has 27 heavy (non-hydrogen) atoms. The summed E-state index contributed by atoms with van der Waals surface area (Å²) in [6.45, 7) is 6.42. The molecule has 162 valence electrons. The summed E-state index contributed by atoms with van der Waals surface area (Å²) in [7, 11) is 0. The smallest absolute Gasteiger partial charge is 0.300 e. The molecule has 0 aromatic heterocycles. The second kappa shape index (κ2) is 27.3. The van der Waals surface area contributed by atoms with Gasteiger partial charge in [0, 0.05) is 6.92 Å². The molecule has 4 heteroatoms. The van der Waals surface area contributed by atoms with Crippen molar-refractivity contribution in [3.63, 3.8) is 0 Å². The molecule has 0 saturated carbocycles. The molecule has 0 spiro atoms. The molecule has 0 unspecified atom stereocenters. The number of carboxylic acids is 1. The number of hydrogen-bond donors (Lipinski definition) is 3. The van der Waals surface area contributed by atoms with Crippen LogP contribution in [0.1, 0.15) is 110 Å². The highest BCUT2D eigenvalue weighted by Crippen LogP contribution is 2.09. The van der Waals surface area contributed by atoms with Crippen molar-refractivity contribution in [3.8, 4) is 0 Å². The predicted octanol–water partition coefficient (Wildman–Crippen LogP) is 6.05. The van der Waals surface area contributed by atoms with Crippen LogP contribution in [0.25, 0.3) is 0 Å². The van der Waals surface area contributed by atoms with Gasteiger partial charge in [0.1, 0.15) is 0 Å². The van der Waals surface area contributed by atoms with Crippen molar-refractivity contribution >= 4 is 5.97 Å². The van der Waals surface area contributed by atoms with Gasteiger partial charge in [0.05, 0.1) is 0 Å². The van der Waals surface area contributed by atoms with Gasteiger partial charge >= 0.3 is 0 Å². The highest BCUT2D eigenvalue weighted by Gasteiger charge is 1.92. The van der Waals surface area contributed by atoms with Gasteiger partial charge in [0.15, 0.2) is 0 Å². The number of unbranched alkanes of at least 4 members (excludes halogenated alkanes) is 12. The standard InChI is InChI=1S/C21H44N2.C2H4O2/c1-2-3-4-5-6-7-8-9-10-11-12-13-14-15-16-17-20-23-21-18-19-22;1-2(3)4/h9-10,23H,2-8,11-22H2,1H3;1H3,(H,3,4)/b10-9-;. The van der Waals surface area contributed by atoms with Crippen LogP contribution in [-0.2, 0) is 4.79 Å². The van der Waals surface area contributed by atoms with Crippen molar-refractivity contribution in [1.82, 2.24) is 5.32 Å². The van der Waals surface area contributed by atoms with E-state index in [9.17, 15) is 0 Å². The fourth-order valence-corrected chi connectivity index (χ4v) is 2.85. The summed E-state index contributed by atoms with van der Waals surface area (Å²) in [5.74, 6) is -0.833. The van der Waals surface area contributed by atoms with Crippen LogP contribution in [0.3, 0.4) is 0 Å². The first kappa shape index (κ1) is 28.3. The van der Waals surface area contributed by atoms with Gasteiger partial charge in [-0.15, -0.1) is 0 Å². The maximum absolute atomic E-state index is 9.00. The van der Waals surface area contributed by atoms with E-state index >= 15 is 0 Å². The van der Waals surface area contributed by atoms with Crippen LogP contribution in [0.2, 0.25) is 0 Å². The minimum atomic E-state index is -0.833. The first-order valence-corrected chi connectivity index (χ1v) is 11.4. The van der Waals surface area contributed by atoms with E-state index in [2.05, 4.69) is 24.4 Å². The number of carbonyl (C=O) groups is 1. The summed E-state index contributed by atoms with van der Waals surface area (Å²) in [6, 6.07) is 0. The lowest BCUT2D eigenvalue weighted by molar-refractivity contribution is -0.134. The predicted molar refractivity (Wildman–Crippen MR) is 119 cm³/mol. The van der Waals surface area contributed by atoms with E-state index < -0.39 is 5.97 Å². The molecular weight excluding hydrogens is 336 g/mol. The number of hydrogen-bond acceptors (Lipinski definition) is 3. The lowest BCUT2D eigenvalue weighted by Gasteiger charge is -2.03. The molecule has 0 aliphatic heterocycles. The van der Waals surface area contributed by atoms with Crippen molar-refractivity contribution < 1.29 is 9.90 Å². The third-order valence-electron chi connectivity index (χ3n) is 4.42. The Morgan fingerprint density at radius 3 is 1.67 bits per heavy atom. The average Bonchev–Trinajstić information content (AvgIpc) is 2.63. The summed E-state index contributed by atoms with van der Waals surface area (Å²) in [4.78, 5) is 9.00. The Morgan fingerprint density at radius 1 is 0.778 bits per heavy atom. The Bertz CT molecular complexity index is 303. The van der Waals surface area contributed by atoms with Crippen LogP contribution in [0.15, 0.2) is 12.2 Å². The molecular formula is C23H48N2O2. The second-order valence-electron chi connectivity index (χ2n) is 7.35. The quantitative estimate of drug-likeness (QED) is 0.187. The normalized spacial score (nSPS) is 10.8. The molecule has 0 amide bonds. The van der Waals surface area contributed by atoms with Crippen LogP contribution < -0.4 is 11.1 Å². The zero-order valence-corrected chi connectivity index (χ0v) is 18.3. The van der Waals surface area contributed by atoms with Crippen LogP contribution in [0, 0.1) is 0 Å². The van der Waals surface area contributed by atoms with Crippen molar-refractivity contribution in [1.29, 1.82) is 0 Å². The molecule has 0 aromatic rings. The molecule has 0 heterocycles. The first-order valence-electron chi connectivity index (χ1n) is 11.4.